The van der Waals surface area contributed by atoms with Gasteiger partial charge in [-0.1, -0.05) is 6.07 Å². The van der Waals surface area contributed by atoms with E-state index in [4.69, 9.17) is 4.74 Å². The number of thiol groups is 1. The maximum atomic E-state index is 5.53. The Hall–Kier alpha value is -0.630. The van der Waals surface area contributed by atoms with Crippen LogP contribution in [0.5, 0.6) is 5.75 Å². The number of hydrogen-bond acceptors (Lipinski definition) is 2. The molecule has 0 atom stereocenters. The van der Waals surface area contributed by atoms with Gasteiger partial charge in [0, 0.05) is 0 Å². The zero-order valence-electron chi connectivity index (χ0n) is 9.13. The molecule has 0 amide bonds. The fourth-order valence-corrected chi connectivity index (χ4v) is 1.79. The molecule has 0 aliphatic heterocycles. The molecule has 0 saturated heterocycles. The van der Waals surface area contributed by atoms with Crippen LogP contribution in [-0.2, 0) is 6.42 Å². The highest BCUT2D eigenvalue weighted by Gasteiger charge is 2.04. The van der Waals surface area contributed by atoms with Gasteiger partial charge in [-0.15, -0.1) is 0 Å². The van der Waals surface area contributed by atoms with Crippen LogP contribution in [0.2, 0.25) is 0 Å². The summed E-state index contributed by atoms with van der Waals surface area (Å²) in [5.74, 6) is 1.90. The van der Waals surface area contributed by atoms with Crippen LogP contribution < -0.4 is 4.74 Å². The molecule has 1 nitrogen and oxygen atoms in total. The van der Waals surface area contributed by atoms with Gasteiger partial charge in [0.25, 0.3) is 0 Å². The maximum absolute atomic E-state index is 5.53. The summed E-state index contributed by atoms with van der Waals surface area (Å²) >= 11 is 4.25. The van der Waals surface area contributed by atoms with Crippen LogP contribution >= 0.6 is 12.6 Å². The first-order chi connectivity index (χ1) is 6.69. The zero-order chi connectivity index (χ0) is 10.6. The van der Waals surface area contributed by atoms with Crippen molar-refractivity contribution in [3.8, 4) is 5.75 Å². The zero-order valence-corrected chi connectivity index (χ0v) is 10.0. The minimum Gasteiger partial charge on any atom is -0.494 e. The fraction of sp³-hybridized carbons (Fsp3) is 0.500. The van der Waals surface area contributed by atoms with Crippen LogP contribution in [0.15, 0.2) is 12.1 Å². The van der Waals surface area contributed by atoms with Gasteiger partial charge in [-0.3, -0.25) is 0 Å². The van der Waals surface area contributed by atoms with Crippen molar-refractivity contribution in [1.29, 1.82) is 0 Å². The number of ether oxygens (including phenoxy) is 1. The Bertz CT molecular complexity index is 276. The monoisotopic (exact) mass is 210 g/mol. The first-order valence-electron chi connectivity index (χ1n) is 5.02. The molecule has 0 heterocycles. The molecule has 0 saturated carbocycles. The molecular formula is C12H18OS. The minimum absolute atomic E-state index is 0.728. The van der Waals surface area contributed by atoms with E-state index in [9.17, 15) is 0 Å². The van der Waals surface area contributed by atoms with E-state index in [1.165, 1.54) is 16.7 Å². The van der Waals surface area contributed by atoms with E-state index in [0.29, 0.717) is 0 Å². The van der Waals surface area contributed by atoms with Gasteiger partial charge >= 0.3 is 0 Å². The Morgan fingerprint density at radius 3 is 2.50 bits per heavy atom. The normalized spacial score (nSPS) is 10.3. The van der Waals surface area contributed by atoms with Crippen molar-refractivity contribution in [2.75, 3.05) is 12.4 Å². The molecular weight excluding hydrogens is 192 g/mol. The lowest BCUT2D eigenvalue weighted by Gasteiger charge is -2.11. The molecule has 0 aromatic heterocycles. The number of rotatable bonds is 4. The summed E-state index contributed by atoms with van der Waals surface area (Å²) in [5, 5.41) is 0. The van der Waals surface area contributed by atoms with Gasteiger partial charge in [-0.05, 0) is 55.7 Å². The summed E-state index contributed by atoms with van der Waals surface area (Å²) in [6.07, 6.45) is 1.03. The predicted octanol–water partition coefficient (Wildman–Crippen LogP) is 3.17. The number of hydrogen-bond donors (Lipinski definition) is 1. The second-order valence-electron chi connectivity index (χ2n) is 3.45. The van der Waals surface area contributed by atoms with Crippen molar-refractivity contribution in [3.05, 3.63) is 28.8 Å². The topological polar surface area (TPSA) is 9.23 Å². The molecule has 1 rings (SSSR count). The standard InChI is InChI=1S/C12H18OS/c1-4-13-12-8-9(2)11(5-6-14)7-10(12)3/h7-8,14H,4-6H2,1-3H3. The molecule has 14 heavy (non-hydrogen) atoms. The first kappa shape index (κ1) is 11.4. The Kier molecular flexibility index (Phi) is 4.33. The summed E-state index contributed by atoms with van der Waals surface area (Å²) < 4.78 is 5.53. The van der Waals surface area contributed by atoms with Gasteiger partial charge in [-0.25, -0.2) is 0 Å². The third-order valence-electron chi connectivity index (χ3n) is 2.31. The molecule has 0 aliphatic rings. The molecule has 0 spiro atoms. The smallest absolute Gasteiger partial charge is 0.122 e. The second kappa shape index (κ2) is 5.30. The maximum Gasteiger partial charge on any atom is 0.122 e. The van der Waals surface area contributed by atoms with E-state index in [-0.39, 0.29) is 0 Å². The largest absolute Gasteiger partial charge is 0.494 e. The summed E-state index contributed by atoms with van der Waals surface area (Å²) in [5.41, 5.74) is 3.89. The third-order valence-corrected chi connectivity index (χ3v) is 2.54. The van der Waals surface area contributed by atoms with Crippen LogP contribution in [0.4, 0.5) is 0 Å². The van der Waals surface area contributed by atoms with Gasteiger partial charge < -0.3 is 4.74 Å². The van der Waals surface area contributed by atoms with Gasteiger partial charge in [0.2, 0.25) is 0 Å². The lowest BCUT2D eigenvalue weighted by molar-refractivity contribution is 0.337. The van der Waals surface area contributed by atoms with E-state index >= 15 is 0 Å². The van der Waals surface area contributed by atoms with Crippen LogP contribution in [0.3, 0.4) is 0 Å². The summed E-state index contributed by atoms with van der Waals surface area (Å²) in [6.45, 7) is 6.95. The van der Waals surface area contributed by atoms with E-state index in [2.05, 4.69) is 38.6 Å². The lowest BCUT2D eigenvalue weighted by Crippen LogP contribution is -1.98. The molecule has 0 aliphatic carbocycles. The lowest BCUT2D eigenvalue weighted by atomic mass is 10.0. The van der Waals surface area contributed by atoms with Crippen molar-refractivity contribution in [2.24, 2.45) is 0 Å². The molecule has 0 unspecified atom stereocenters. The van der Waals surface area contributed by atoms with Crippen molar-refractivity contribution in [2.45, 2.75) is 27.2 Å². The molecule has 1 aromatic rings. The highest BCUT2D eigenvalue weighted by Crippen LogP contribution is 2.23. The summed E-state index contributed by atoms with van der Waals surface area (Å²) in [6, 6.07) is 4.33. The average molecular weight is 210 g/mol. The van der Waals surface area contributed by atoms with Crippen LogP contribution in [0, 0.1) is 13.8 Å². The summed E-state index contributed by atoms with van der Waals surface area (Å²) in [7, 11) is 0. The molecule has 0 radical (unpaired) electrons. The Balaban J connectivity index is 2.97. The molecule has 0 fully saturated rings. The second-order valence-corrected chi connectivity index (χ2v) is 3.90. The molecule has 1 aromatic carbocycles. The van der Waals surface area contributed by atoms with Gasteiger partial charge in [0.05, 0.1) is 6.61 Å². The number of benzene rings is 1. The van der Waals surface area contributed by atoms with Crippen LogP contribution in [0.1, 0.15) is 23.6 Å². The fourth-order valence-electron chi connectivity index (χ4n) is 1.55. The molecule has 78 valence electrons. The first-order valence-corrected chi connectivity index (χ1v) is 5.66. The summed E-state index contributed by atoms with van der Waals surface area (Å²) in [4.78, 5) is 0. The number of aryl methyl sites for hydroxylation is 3. The Labute approximate surface area is 91.9 Å². The van der Waals surface area contributed by atoms with E-state index < -0.39 is 0 Å². The van der Waals surface area contributed by atoms with Crippen molar-refractivity contribution >= 4 is 12.6 Å². The Morgan fingerprint density at radius 2 is 1.93 bits per heavy atom. The Morgan fingerprint density at radius 1 is 1.21 bits per heavy atom. The van der Waals surface area contributed by atoms with Crippen molar-refractivity contribution in [1.82, 2.24) is 0 Å². The van der Waals surface area contributed by atoms with Crippen molar-refractivity contribution < 1.29 is 4.74 Å². The third kappa shape index (κ3) is 2.68. The van der Waals surface area contributed by atoms with E-state index in [1.807, 2.05) is 6.92 Å². The average Bonchev–Trinajstić information content (AvgIpc) is 2.14. The highest BCUT2D eigenvalue weighted by atomic mass is 32.1. The molecule has 0 bridgehead atoms. The van der Waals surface area contributed by atoms with Crippen molar-refractivity contribution in [3.63, 3.8) is 0 Å². The minimum atomic E-state index is 0.728. The SMILES string of the molecule is CCOc1cc(C)c(CCS)cc1C. The van der Waals surface area contributed by atoms with Gasteiger partial charge in [-0.2, -0.15) is 12.6 Å². The molecule has 0 N–H and O–H groups in total. The van der Waals surface area contributed by atoms with Gasteiger partial charge in [0.1, 0.15) is 5.75 Å². The van der Waals surface area contributed by atoms with E-state index in [1.54, 1.807) is 0 Å². The van der Waals surface area contributed by atoms with Crippen LogP contribution in [0.25, 0.3) is 0 Å². The predicted molar refractivity (Wildman–Crippen MR) is 64.6 cm³/mol. The van der Waals surface area contributed by atoms with E-state index in [0.717, 1.165) is 24.5 Å². The quantitative estimate of drug-likeness (QED) is 0.751. The van der Waals surface area contributed by atoms with Crippen LogP contribution in [-0.4, -0.2) is 12.4 Å². The highest BCUT2D eigenvalue weighted by molar-refractivity contribution is 7.80. The molecule has 2 heteroatoms. The van der Waals surface area contributed by atoms with Gasteiger partial charge in [0.15, 0.2) is 0 Å².